The molecule has 1 aromatic heterocycles. The van der Waals surface area contributed by atoms with Crippen molar-refractivity contribution in [2.75, 3.05) is 47.5 Å². The highest BCUT2D eigenvalue weighted by Gasteiger charge is 2.21. The molecule has 1 heterocycles. The van der Waals surface area contributed by atoms with Crippen LogP contribution in [-0.4, -0.2) is 70.0 Å². The van der Waals surface area contributed by atoms with E-state index in [9.17, 15) is 19.0 Å². The summed E-state index contributed by atoms with van der Waals surface area (Å²) in [5.41, 5.74) is 0. The summed E-state index contributed by atoms with van der Waals surface area (Å²) in [6.45, 7) is 1.93. The Morgan fingerprint density at radius 1 is 0.766 bits per heavy atom. The smallest absolute Gasteiger partial charge is 0.306 e. The van der Waals surface area contributed by atoms with E-state index in [2.05, 4.69) is 6.92 Å². The van der Waals surface area contributed by atoms with Gasteiger partial charge in [-0.3, -0.25) is 14.2 Å². The lowest BCUT2D eigenvalue weighted by Gasteiger charge is -2.28. The predicted molar refractivity (Wildman–Crippen MR) is 184 cm³/mol. The van der Waals surface area contributed by atoms with Crippen LogP contribution in [0.3, 0.4) is 0 Å². The first-order valence-electron chi connectivity index (χ1n) is 18.3. The molecule has 0 aliphatic carbocycles. The molecule has 0 saturated heterocycles. The van der Waals surface area contributed by atoms with E-state index < -0.39 is 32.5 Å². The Morgan fingerprint density at radius 2 is 1.30 bits per heavy atom. The number of quaternary nitrogens is 1. The van der Waals surface area contributed by atoms with E-state index in [1.165, 1.54) is 64.2 Å². The normalized spacial score (nSPS) is 13.7. The molecule has 11 heteroatoms. The predicted octanol–water partition coefficient (Wildman–Crippen LogP) is 8.31. The molecule has 2 atom stereocenters. The molecule has 0 aromatic carbocycles. The van der Waals surface area contributed by atoms with Crippen LogP contribution in [0.15, 0.2) is 22.8 Å². The average Bonchev–Trinajstić information content (AvgIpc) is 3.53. The molecule has 47 heavy (non-hydrogen) atoms. The quantitative estimate of drug-likeness (QED) is 0.0318. The van der Waals surface area contributed by atoms with Crippen LogP contribution < -0.4 is 4.89 Å². The number of rotatable bonds is 32. The number of unbranched alkanes of at least 4 members (excludes halogenated alkanes) is 16. The molecule has 0 radical (unpaired) electrons. The maximum Gasteiger partial charge on any atom is 0.306 e. The fourth-order valence-corrected chi connectivity index (χ4v) is 5.83. The summed E-state index contributed by atoms with van der Waals surface area (Å²) in [7, 11) is 1.14. The first-order chi connectivity index (χ1) is 22.5. The van der Waals surface area contributed by atoms with Gasteiger partial charge in [0, 0.05) is 19.3 Å². The summed E-state index contributed by atoms with van der Waals surface area (Å²) in [6.07, 6.45) is 22.4. The number of hydrogen-bond acceptors (Lipinski definition) is 9. The summed E-state index contributed by atoms with van der Waals surface area (Å²) < 4.78 is 39.0. The molecule has 0 fully saturated rings. The van der Waals surface area contributed by atoms with Crippen LogP contribution in [0.25, 0.3) is 0 Å². The highest BCUT2D eigenvalue weighted by molar-refractivity contribution is 7.45. The number of esters is 2. The van der Waals surface area contributed by atoms with Gasteiger partial charge in [-0.05, 0) is 31.4 Å². The van der Waals surface area contributed by atoms with E-state index in [0.29, 0.717) is 17.4 Å². The largest absolute Gasteiger partial charge is 0.756 e. The fraction of sp³-hybridized carbons (Fsp3) is 0.833. The molecule has 0 bridgehead atoms. The molecule has 0 aliphatic rings. The average molecular weight is 688 g/mol. The van der Waals surface area contributed by atoms with Crippen LogP contribution >= 0.6 is 7.82 Å². The van der Waals surface area contributed by atoms with Gasteiger partial charge in [0.15, 0.2) is 6.10 Å². The van der Waals surface area contributed by atoms with Gasteiger partial charge < -0.3 is 32.3 Å². The second-order valence-corrected chi connectivity index (χ2v) is 15.1. The van der Waals surface area contributed by atoms with E-state index in [0.717, 1.165) is 57.1 Å². The Balaban J connectivity index is 2.32. The van der Waals surface area contributed by atoms with Crippen molar-refractivity contribution in [1.82, 2.24) is 0 Å². The van der Waals surface area contributed by atoms with Gasteiger partial charge in [0.05, 0.1) is 34.0 Å². The number of carbonyl (C=O) groups is 2. The fourth-order valence-electron chi connectivity index (χ4n) is 5.10. The summed E-state index contributed by atoms with van der Waals surface area (Å²) in [6, 6.07) is 3.85. The lowest BCUT2D eigenvalue weighted by molar-refractivity contribution is -0.870. The second-order valence-electron chi connectivity index (χ2n) is 13.7. The van der Waals surface area contributed by atoms with E-state index in [4.69, 9.17) is 22.9 Å². The Bertz CT molecular complexity index is 949. The van der Waals surface area contributed by atoms with Crippen LogP contribution in [0.2, 0.25) is 0 Å². The van der Waals surface area contributed by atoms with Crippen LogP contribution in [0.1, 0.15) is 141 Å². The minimum absolute atomic E-state index is 0.0373. The SMILES string of the molecule is CCCCCCCCCCCCCCCC(=O)OCC(COP(=O)([O-])OCC[N+](C)(C)C)OC(=O)CCCCCCCc1ccco1. The minimum atomic E-state index is -4.62. The monoisotopic (exact) mass is 687 g/mol. The Labute approximate surface area is 285 Å². The highest BCUT2D eigenvalue weighted by atomic mass is 31.2. The Morgan fingerprint density at radius 3 is 1.83 bits per heavy atom. The molecule has 2 unspecified atom stereocenters. The van der Waals surface area contributed by atoms with Gasteiger partial charge in [0.25, 0.3) is 7.82 Å². The van der Waals surface area contributed by atoms with Gasteiger partial charge in [-0.2, -0.15) is 0 Å². The first kappa shape index (κ1) is 43.3. The molecule has 1 aromatic rings. The van der Waals surface area contributed by atoms with Crippen molar-refractivity contribution in [3.05, 3.63) is 24.2 Å². The lowest BCUT2D eigenvalue weighted by atomic mass is 10.0. The Kier molecular flexibility index (Phi) is 25.0. The van der Waals surface area contributed by atoms with Crippen molar-refractivity contribution in [3.63, 3.8) is 0 Å². The first-order valence-corrected chi connectivity index (χ1v) is 19.7. The second kappa shape index (κ2) is 27.2. The molecule has 0 saturated carbocycles. The molecule has 10 nitrogen and oxygen atoms in total. The maximum atomic E-state index is 12.5. The van der Waals surface area contributed by atoms with Crippen LogP contribution in [0, 0.1) is 0 Å². The van der Waals surface area contributed by atoms with Gasteiger partial charge in [0.1, 0.15) is 25.5 Å². The lowest BCUT2D eigenvalue weighted by Crippen LogP contribution is -2.37. The standard InChI is InChI=1S/C36H66NO9P/c1-5-6-7-8-9-10-11-12-13-14-15-18-21-26-35(38)43-31-34(32-45-47(40,41)44-30-28-37(2,3)4)46-36(39)27-22-19-16-17-20-24-33-25-23-29-42-33/h23,25,29,34H,5-22,24,26-28,30-32H2,1-4H3. The number of nitrogens with zero attached hydrogens (tertiary/aromatic N) is 1. The summed E-state index contributed by atoms with van der Waals surface area (Å²) in [5.74, 6) is 0.106. The summed E-state index contributed by atoms with van der Waals surface area (Å²) in [4.78, 5) is 37.2. The number of phosphoric ester groups is 1. The topological polar surface area (TPSA) is 124 Å². The third-order valence-electron chi connectivity index (χ3n) is 8.03. The van der Waals surface area contributed by atoms with Gasteiger partial charge in [0.2, 0.25) is 0 Å². The highest BCUT2D eigenvalue weighted by Crippen LogP contribution is 2.38. The van der Waals surface area contributed by atoms with E-state index >= 15 is 0 Å². The zero-order valence-electron chi connectivity index (χ0n) is 30.1. The molecule has 0 aliphatic heterocycles. The van der Waals surface area contributed by atoms with Gasteiger partial charge in [-0.25, -0.2) is 0 Å². The Hall–Kier alpha value is -1.71. The number of likely N-dealkylation sites (N-methyl/N-ethyl adjacent to an activating group) is 1. The molecule has 0 spiro atoms. The van der Waals surface area contributed by atoms with Gasteiger partial charge in [-0.1, -0.05) is 103 Å². The third kappa shape index (κ3) is 27.9. The van der Waals surface area contributed by atoms with Gasteiger partial charge in [-0.15, -0.1) is 0 Å². The summed E-state index contributed by atoms with van der Waals surface area (Å²) >= 11 is 0. The molecular formula is C36H66NO9P. The maximum absolute atomic E-state index is 12.5. The van der Waals surface area contributed by atoms with Crippen molar-refractivity contribution in [3.8, 4) is 0 Å². The van der Waals surface area contributed by atoms with E-state index in [1.807, 2.05) is 33.3 Å². The number of ether oxygens (including phenoxy) is 2. The molecule has 1 rings (SSSR count). The van der Waals surface area contributed by atoms with Gasteiger partial charge >= 0.3 is 11.9 Å². The van der Waals surface area contributed by atoms with Crippen molar-refractivity contribution < 1.29 is 46.5 Å². The molecular weight excluding hydrogens is 621 g/mol. The van der Waals surface area contributed by atoms with Crippen molar-refractivity contribution in [2.24, 2.45) is 0 Å². The number of phosphoric acid groups is 1. The number of carbonyl (C=O) groups excluding carboxylic acids is 2. The number of furan rings is 1. The zero-order chi connectivity index (χ0) is 34.6. The van der Waals surface area contributed by atoms with Crippen molar-refractivity contribution in [1.29, 1.82) is 0 Å². The molecule has 0 N–H and O–H groups in total. The summed E-state index contributed by atoms with van der Waals surface area (Å²) in [5, 5.41) is 0. The van der Waals surface area contributed by atoms with E-state index in [1.54, 1.807) is 6.26 Å². The van der Waals surface area contributed by atoms with Crippen molar-refractivity contribution in [2.45, 2.75) is 148 Å². The van der Waals surface area contributed by atoms with Crippen LogP contribution in [0.5, 0.6) is 0 Å². The minimum Gasteiger partial charge on any atom is -0.756 e. The van der Waals surface area contributed by atoms with E-state index in [-0.39, 0.29) is 26.1 Å². The third-order valence-corrected chi connectivity index (χ3v) is 8.99. The zero-order valence-corrected chi connectivity index (χ0v) is 31.0. The van der Waals surface area contributed by atoms with Crippen LogP contribution in [0.4, 0.5) is 0 Å². The van der Waals surface area contributed by atoms with Crippen molar-refractivity contribution >= 4 is 19.8 Å². The number of aryl methyl sites for hydroxylation is 1. The number of hydrogen-bond donors (Lipinski definition) is 0. The molecule has 0 amide bonds. The van der Waals surface area contributed by atoms with Crippen LogP contribution in [-0.2, 0) is 39.1 Å². The molecule has 274 valence electrons.